The molecule has 1 N–H and O–H groups in total. The number of benzene rings is 2. The molecular weight excluding hydrogens is 450 g/mol. The second-order valence-corrected chi connectivity index (χ2v) is 8.76. The first-order valence-corrected chi connectivity index (χ1v) is 11.5. The molecule has 0 fully saturated rings. The second-order valence-electron chi connectivity index (χ2n) is 7.70. The van der Waals surface area contributed by atoms with E-state index in [4.69, 9.17) is 4.74 Å². The fourth-order valence-corrected chi connectivity index (χ4v) is 4.15. The Labute approximate surface area is 199 Å². The van der Waals surface area contributed by atoms with Crippen molar-refractivity contribution in [1.82, 2.24) is 19.2 Å². The molecule has 0 spiro atoms. The first-order valence-electron chi connectivity index (χ1n) is 10.6. The molecule has 34 heavy (non-hydrogen) atoms. The van der Waals surface area contributed by atoms with E-state index >= 15 is 0 Å². The summed E-state index contributed by atoms with van der Waals surface area (Å²) in [6.07, 6.45) is 1.69. The van der Waals surface area contributed by atoms with Crippen LogP contribution in [0, 0.1) is 6.92 Å². The van der Waals surface area contributed by atoms with E-state index in [1.165, 1.54) is 9.08 Å². The summed E-state index contributed by atoms with van der Waals surface area (Å²) in [6.45, 7) is 2.59. The Bertz CT molecular complexity index is 1530. The number of pyridine rings is 1. The number of rotatable bonds is 7. The van der Waals surface area contributed by atoms with Crippen molar-refractivity contribution in [3.8, 4) is 5.75 Å². The molecule has 0 radical (unpaired) electrons. The molecule has 3 aromatic heterocycles. The summed E-state index contributed by atoms with van der Waals surface area (Å²) in [5.74, 6) is 0.343. The lowest BCUT2D eigenvalue weighted by molar-refractivity contribution is 0.102. The normalized spacial score (nSPS) is 11.0. The first-order chi connectivity index (χ1) is 16.5. The van der Waals surface area contributed by atoms with E-state index in [0.29, 0.717) is 35.8 Å². The summed E-state index contributed by atoms with van der Waals surface area (Å²) in [4.78, 5) is 29.8. The van der Waals surface area contributed by atoms with Crippen molar-refractivity contribution in [2.45, 2.75) is 20.1 Å². The molecular formula is C25H21N5O3S. The van der Waals surface area contributed by atoms with Crippen LogP contribution in [0.25, 0.3) is 5.65 Å². The molecule has 0 aliphatic heterocycles. The van der Waals surface area contributed by atoms with Crippen molar-refractivity contribution >= 4 is 28.6 Å². The van der Waals surface area contributed by atoms with Gasteiger partial charge in [-0.15, -0.1) is 16.4 Å². The summed E-state index contributed by atoms with van der Waals surface area (Å²) in [5, 5.41) is 10.2. The largest absolute Gasteiger partial charge is 0.487 e. The molecule has 2 aromatic carbocycles. The highest BCUT2D eigenvalue weighted by Gasteiger charge is 2.10. The van der Waals surface area contributed by atoms with Crippen molar-refractivity contribution < 1.29 is 9.53 Å². The van der Waals surface area contributed by atoms with E-state index < -0.39 is 0 Å². The molecule has 9 heteroatoms. The monoisotopic (exact) mass is 471 g/mol. The third-order valence-electron chi connectivity index (χ3n) is 5.16. The lowest BCUT2D eigenvalue weighted by Crippen LogP contribution is -2.21. The van der Waals surface area contributed by atoms with E-state index in [-0.39, 0.29) is 11.6 Å². The van der Waals surface area contributed by atoms with Crippen molar-refractivity contribution in [3.05, 3.63) is 111 Å². The van der Waals surface area contributed by atoms with E-state index in [1.807, 2.05) is 42.6 Å². The third-order valence-corrected chi connectivity index (χ3v) is 5.98. The zero-order valence-corrected chi connectivity index (χ0v) is 19.2. The zero-order chi connectivity index (χ0) is 23.5. The van der Waals surface area contributed by atoms with Gasteiger partial charge in [-0.1, -0.05) is 24.3 Å². The highest BCUT2D eigenvalue weighted by molar-refractivity contribution is 7.09. The van der Waals surface area contributed by atoms with Crippen LogP contribution in [-0.4, -0.2) is 25.1 Å². The topological polar surface area (TPSA) is 90.5 Å². The van der Waals surface area contributed by atoms with Gasteiger partial charge in [-0.25, -0.2) is 14.5 Å². The van der Waals surface area contributed by atoms with Gasteiger partial charge in [-0.2, -0.15) is 0 Å². The third kappa shape index (κ3) is 4.74. The SMILES string of the molecule is Cc1nc(COc2cccc(C(=O)Nc3cccc(Cn4nc5ccccn5c4=O)c3)c2)cs1. The molecule has 1 amide bonds. The van der Waals surface area contributed by atoms with Gasteiger partial charge in [-0.05, 0) is 55.0 Å². The van der Waals surface area contributed by atoms with Crippen LogP contribution in [0.3, 0.4) is 0 Å². The average molecular weight is 472 g/mol. The number of nitrogens with zero attached hydrogens (tertiary/aromatic N) is 4. The fraction of sp³-hybridized carbons (Fsp3) is 0.120. The van der Waals surface area contributed by atoms with Crippen LogP contribution in [0.5, 0.6) is 5.75 Å². The van der Waals surface area contributed by atoms with Crippen LogP contribution in [-0.2, 0) is 13.2 Å². The molecule has 8 nitrogen and oxygen atoms in total. The highest BCUT2D eigenvalue weighted by Crippen LogP contribution is 2.18. The molecule has 5 rings (SSSR count). The zero-order valence-electron chi connectivity index (χ0n) is 18.3. The Morgan fingerprint density at radius 1 is 1.09 bits per heavy atom. The average Bonchev–Trinajstić information content (AvgIpc) is 3.41. The number of hydrogen-bond donors (Lipinski definition) is 1. The lowest BCUT2D eigenvalue weighted by Gasteiger charge is -2.09. The van der Waals surface area contributed by atoms with E-state index in [9.17, 15) is 9.59 Å². The number of aryl methyl sites for hydroxylation is 1. The molecule has 3 heterocycles. The van der Waals surface area contributed by atoms with Crippen molar-refractivity contribution in [3.63, 3.8) is 0 Å². The predicted octanol–water partition coefficient (Wildman–Crippen LogP) is 4.14. The number of nitrogens with one attached hydrogen (secondary N) is 1. The standard InChI is InChI=1S/C25H21N5O3S/c1-17-26-21(16-34-17)15-33-22-9-5-7-19(13-22)24(31)27-20-8-4-6-18(12-20)14-30-25(32)29-11-3-2-10-23(29)28-30/h2-13,16H,14-15H2,1H3,(H,27,31). The van der Waals surface area contributed by atoms with Crippen molar-refractivity contribution in [2.75, 3.05) is 5.32 Å². The number of amides is 1. The maximum absolute atomic E-state index is 12.8. The van der Waals surface area contributed by atoms with E-state index in [0.717, 1.165) is 16.3 Å². The van der Waals surface area contributed by atoms with E-state index in [2.05, 4.69) is 15.4 Å². The number of hydrogen-bond acceptors (Lipinski definition) is 6. The summed E-state index contributed by atoms with van der Waals surface area (Å²) in [6, 6.07) is 19.8. The summed E-state index contributed by atoms with van der Waals surface area (Å²) in [5.41, 5.74) is 3.19. The minimum absolute atomic E-state index is 0.213. The smallest absolute Gasteiger partial charge is 0.350 e. The van der Waals surface area contributed by atoms with Gasteiger partial charge in [0.05, 0.1) is 17.2 Å². The Kier molecular flexibility index (Phi) is 5.92. The van der Waals surface area contributed by atoms with Gasteiger partial charge >= 0.3 is 5.69 Å². The lowest BCUT2D eigenvalue weighted by atomic mass is 10.1. The molecule has 0 bridgehead atoms. The Morgan fingerprint density at radius 2 is 1.97 bits per heavy atom. The Morgan fingerprint density at radius 3 is 2.79 bits per heavy atom. The predicted molar refractivity (Wildman–Crippen MR) is 131 cm³/mol. The maximum atomic E-state index is 12.8. The van der Waals surface area contributed by atoms with Crippen LogP contribution in [0.15, 0.2) is 83.1 Å². The van der Waals surface area contributed by atoms with Crippen LogP contribution < -0.4 is 15.7 Å². The maximum Gasteiger partial charge on any atom is 0.350 e. The van der Waals surface area contributed by atoms with Crippen LogP contribution in [0.4, 0.5) is 5.69 Å². The van der Waals surface area contributed by atoms with Crippen LogP contribution >= 0.6 is 11.3 Å². The number of ether oxygens (including phenoxy) is 1. The van der Waals surface area contributed by atoms with E-state index in [1.54, 1.807) is 53.9 Å². The minimum atomic E-state index is -0.253. The van der Waals surface area contributed by atoms with Crippen LogP contribution in [0.2, 0.25) is 0 Å². The quantitative estimate of drug-likeness (QED) is 0.385. The van der Waals surface area contributed by atoms with Gasteiger partial charge in [0.15, 0.2) is 5.65 Å². The Balaban J connectivity index is 1.27. The summed E-state index contributed by atoms with van der Waals surface area (Å²) in [7, 11) is 0. The number of thiazole rings is 1. The van der Waals surface area contributed by atoms with Gasteiger partial charge < -0.3 is 10.1 Å². The fourth-order valence-electron chi connectivity index (χ4n) is 3.55. The summed E-state index contributed by atoms with van der Waals surface area (Å²) < 4.78 is 8.69. The first kappa shape index (κ1) is 21.6. The molecule has 170 valence electrons. The molecule has 0 aliphatic carbocycles. The summed E-state index contributed by atoms with van der Waals surface area (Å²) >= 11 is 1.57. The molecule has 0 atom stereocenters. The van der Waals surface area contributed by atoms with Gasteiger partial charge in [0.2, 0.25) is 0 Å². The number of aromatic nitrogens is 4. The Hall–Kier alpha value is -4.24. The van der Waals surface area contributed by atoms with Gasteiger partial charge in [0.1, 0.15) is 12.4 Å². The van der Waals surface area contributed by atoms with Crippen molar-refractivity contribution in [1.29, 1.82) is 0 Å². The number of carbonyl (C=O) groups is 1. The molecule has 0 saturated carbocycles. The number of fused-ring (bicyclic) bond motifs is 1. The molecule has 0 saturated heterocycles. The highest BCUT2D eigenvalue weighted by atomic mass is 32.1. The van der Waals surface area contributed by atoms with Gasteiger partial charge in [-0.3, -0.25) is 9.20 Å². The van der Waals surface area contributed by atoms with Crippen molar-refractivity contribution in [2.24, 2.45) is 0 Å². The molecule has 0 aliphatic rings. The number of anilines is 1. The molecule has 5 aromatic rings. The van der Waals surface area contributed by atoms with Gasteiger partial charge in [0, 0.05) is 22.8 Å². The molecule has 0 unspecified atom stereocenters. The van der Waals surface area contributed by atoms with Crippen LogP contribution in [0.1, 0.15) is 26.6 Å². The number of carbonyl (C=O) groups excluding carboxylic acids is 1. The minimum Gasteiger partial charge on any atom is -0.487 e. The second kappa shape index (κ2) is 9.32. The van der Waals surface area contributed by atoms with Gasteiger partial charge in [0.25, 0.3) is 5.91 Å².